The van der Waals surface area contributed by atoms with Crippen molar-refractivity contribution >= 4 is 17.8 Å². The van der Waals surface area contributed by atoms with E-state index in [9.17, 15) is 32.7 Å². The van der Waals surface area contributed by atoms with E-state index in [0.29, 0.717) is 36.0 Å². The normalized spacial score (nSPS) is 41.4. The van der Waals surface area contributed by atoms with Crippen molar-refractivity contribution in [3.8, 4) is 0 Å². The fourth-order valence-electron chi connectivity index (χ4n) is 13.5. The van der Waals surface area contributed by atoms with Crippen molar-refractivity contribution in [1.29, 1.82) is 0 Å². The Labute approximate surface area is 292 Å². The lowest BCUT2D eigenvalue weighted by Crippen LogP contribution is -2.66. The number of carboxylic acid groups (broad SMARTS) is 1. The maximum Gasteiger partial charge on any atom is 0.471 e. The number of allylic oxidation sites excluding steroid dienone is 1. The van der Waals surface area contributed by atoms with E-state index in [1.807, 2.05) is 0 Å². The van der Waals surface area contributed by atoms with Gasteiger partial charge in [0.25, 0.3) is 0 Å². The molecule has 0 bridgehead atoms. The van der Waals surface area contributed by atoms with Gasteiger partial charge in [-0.3, -0.25) is 14.4 Å². The Morgan fingerprint density at radius 3 is 2.14 bits per heavy atom. The number of ether oxygens (including phenoxy) is 1. The molecule has 0 spiro atoms. The summed E-state index contributed by atoms with van der Waals surface area (Å²) in [6, 6.07) is 0. The average Bonchev–Trinajstić information content (AvgIpc) is 3.33. The molecule has 0 saturated heterocycles. The second-order valence-corrected chi connectivity index (χ2v) is 19.3. The molecule has 0 aromatic heterocycles. The molecule has 0 aliphatic heterocycles. The van der Waals surface area contributed by atoms with Crippen LogP contribution in [0.15, 0.2) is 12.2 Å². The van der Waals surface area contributed by atoms with Crippen molar-refractivity contribution < 1.29 is 37.4 Å². The van der Waals surface area contributed by atoms with Gasteiger partial charge in [0.2, 0.25) is 0 Å². The molecule has 0 radical (unpaired) electrons. The van der Waals surface area contributed by atoms with Gasteiger partial charge in [-0.25, -0.2) is 0 Å². The number of alkyl halides is 3. The third kappa shape index (κ3) is 6.38. The highest BCUT2D eigenvalue weighted by atomic mass is 19.4. The quantitative estimate of drug-likeness (QED) is 0.185. The van der Waals surface area contributed by atoms with E-state index < -0.39 is 23.5 Å². The van der Waals surface area contributed by atoms with Crippen LogP contribution in [0.25, 0.3) is 0 Å². The number of hydrogen-bond acceptors (Lipinski definition) is 4. The molecule has 10 atom stereocenters. The minimum Gasteiger partial charge on any atom is -0.481 e. The van der Waals surface area contributed by atoms with E-state index in [2.05, 4.69) is 53.4 Å². The molecule has 5 rings (SSSR count). The number of carbonyl (C=O) groups excluding carboxylic acids is 2. The first-order valence-corrected chi connectivity index (χ1v) is 18.9. The summed E-state index contributed by atoms with van der Waals surface area (Å²) < 4.78 is 45.3. The number of esters is 1. The number of fused-ring (bicyclic) bond motifs is 7. The number of carboxylic acids is 1. The number of rotatable bonds is 9. The maximum absolute atomic E-state index is 13.2. The Hall–Kier alpha value is -2.06. The number of halogens is 3. The van der Waals surface area contributed by atoms with Crippen LogP contribution in [-0.2, 0) is 19.1 Å². The molecule has 0 unspecified atom stereocenters. The molecule has 0 aromatic rings. The number of nitrogens with one attached hydrogen (secondary N) is 1. The topological polar surface area (TPSA) is 92.7 Å². The van der Waals surface area contributed by atoms with E-state index in [0.717, 1.165) is 64.2 Å². The summed E-state index contributed by atoms with van der Waals surface area (Å²) in [4.78, 5) is 36.2. The second kappa shape index (κ2) is 12.6. The Morgan fingerprint density at radius 1 is 0.857 bits per heavy atom. The summed E-state index contributed by atoms with van der Waals surface area (Å²) in [5.74, 6) is -1.03. The van der Waals surface area contributed by atoms with Crippen LogP contribution < -0.4 is 5.32 Å². The van der Waals surface area contributed by atoms with Gasteiger partial charge in [-0.15, -0.1) is 0 Å². The van der Waals surface area contributed by atoms with Gasteiger partial charge >= 0.3 is 24.0 Å². The van der Waals surface area contributed by atoms with Crippen molar-refractivity contribution in [3.63, 3.8) is 0 Å². The average molecular weight is 694 g/mol. The van der Waals surface area contributed by atoms with Crippen LogP contribution in [-0.4, -0.2) is 41.8 Å². The summed E-state index contributed by atoms with van der Waals surface area (Å²) in [7, 11) is 0. The lowest BCUT2D eigenvalue weighted by Gasteiger charge is -2.73. The van der Waals surface area contributed by atoms with Crippen molar-refractivity contribution in [2.24, 2.45) is 62.1 Å². The van der Waals surface area contributed by atoms with Gasteiger partial charge in [-0.2, -0.15) is 13.2 Å². The van der Waals surface area contributed by atoms with Gasteiger partial charge in [0.05, 0.1) is 12.8 Å². The zero-order valence-electron chi connectivity index (χ0n) is 31.3. The van der Waals surface area contributed by atoms with Crippen molar-refractivity contribution in [3.05, 3.63) is 12.2 Å². The van der Waals surface area contributed by atoms with Gasteiger partial charge in [0, 0.05) is 12.0 Å². The molecule has 0 aromatic carbocycles. The zero-order valence-corrected chi connectivity index (χ0v) is 31.3. The van der Waals surface area contributed by atoms with Crippen LogP contribution in [0.2, 0.25) is 0 Å². The maximum atomic E-state index is 13.2. The lowest BCUT2D eigenvalue weighted by atomic mass is 9.32. The van der Waals surface area contributed by atoms with E-state index in [4.69, 9.17) is 4.74 Å². The predicted octanol–water partition coefficient (Wildman–Crippen LogP) is 9.52. The van der Waals surface area contributed by atoms with Crippen molar-refractivity contribution in [1.82, 2.24) is 5.32 Å². The fraction of sp³-hybridized carbons (Fsp3) is 0.875. The van der Waals surface area contributed by atoms with Crippen LogP contribution in [0.5, 0.6) is 0 Å². The minimum absolute atomic E-state index is 0.0543. The van der Waals surface area contributed by atoms with Crippen molar-refractivity contribution in [2.45, 2.75) is 151 Å². The third-order valence-electron chi connectivity index (χ3n) is 15.9. The fourth-order valence-corrected chi connectivity index (χ4v) is 13.5. The SMILES string of the molecule is C=C(C)[C@@H]1CC[C@]2(CCNC(=O)C(F)(F)F)CC[C@]3(C)[C@H](CC[C@@H]4[C@@]5(C)CC[C@H](OC(=O)CC(C)(C)CC(=O)O)C(C)(C)[C@@H]5CC[C@]43C)[C@@H]12. The summed E-state index contributed by atoms with van der Waals surface area (Å²) >= 11 is 0. The standard InChI is InChI=1S/C40H62F3NO5/c1-24(2)25-12-17-39(20-21-44-33(48)40(41,42)43)19-18-37(8)26(32(25)39)10-11-28-36(7)15-14-29(35(5,6)27(36)13-16-38(28,37)9)49-31(47)23-34(3,4)22-30(45)46/h25-29,32H,1,10-23H2,2-9H3,(H,44,48)(H,45,46)/t25-,26+,27-,28+,29-,32+,36-,37+,38+,39+/m0/s1. The lowest BCUT2D eigenvalue weighted by molar-refractivity contribution is -0.250. The first-order chi connectivity index (χ1) is 22.4. The van der Waals surface area contributed by atoms with Crippen LogP contribution in [0.3, 0.4) is 0 Å². The zero-order chi connectivity index (χ0) is 36.6. The first kappa shape index (κ1) is 38.2. The molecule has 2 N–H and O–H groups in total. The van der Waals surface area contributed by atoms with E-state index in [1.165, 1.54) is 5.57 Å². The molecular weight excluding hydrogens is 631 g/mol. The predicted molar refractivity (Wildman–Crippen MR) is 183 cm³/mol. The molecule has 6 nitrogen and oxygen atoms in total. The molecule has 5 aliphatic rings. The molecule has 0 heterocycles. The van der Waals surface area contributed by atoms with E-state index >= 15 is 0 Å². The van der Waals surface area contributed by atoms with Gasteiger partial charge in [-0.05, 0) is 134 Å². The van der Waals surface area contributed by atoms with Crippen LogP contribution in [0, 0.1) is 62.1 Å². The molecule has 278 valence electrons. The Balaban J connectivity index is 1.37. The molecule has 1 amide bonds. The Morgan fingerprint density at radius 2 is 1.53 bits per heavy atom. The van der Waals surface area contributed by atoms with Gasteiger partial charge in [0.15, 0.2) is 0 Å². The summed E-state index contributed by atoms with van der Waals surface area (Å²) in [5, 5.41) is 11.5. The molecule has 5 saturated carbocycles. The number of amides is 1. The Bertz CT molecular complexity index is 1340. The van der Waals surface area contributed by atoms with Crippen LogP contribution >= 0.6 is 0 Å². The highest BCUT2D eigenvalue weighted by molar-refractivity contribution is 5.81. The highest BCUT2D eigenvalue weighted by Crippen LogP contribution is 2.78. The van der Waals surface area contributed by atoms with Crippen LogP contribution in [0.1, 0.15) is 139 Å². The molecular formula is C40H62F3NO5. The van der Waals surface area contributed by atoms with E-state index in [-0.39, 0.29) is 58.5 Å². The largest absolute Gasteiger partial charge is 0.481 e. The third-order valence-corrected chi connectivity index (χ3v) is 15.9. The number of aliphatic carboxylic acids is 1. The van der Waals surface area contributed by atoms with Gasteiger partial charge in [-0.1, -0.05) is 60.6 Å². The molecule has 5 fully saturated rings. The van der Waals surface area contributed by atoms with E-state index in [1.54, 1.807) is 13.8 Å². The summed E-state index contributed by atoms with van der Waals surface area (Å²) in [5.41, 5.74) is 0.454. The smallest absolute Gasteiger partial charge is 0.471 e. The van der Waals surface area contributed by atoms with Gasteiger partial charge in [0.1, 0.15) is 6.10 Å². The summed E-state index contributed by atoms with van der Waals surface area (Å²) in [6.07, 6.45) is 5.67. The van der Waals surface area contributed by atoms with Gasteiger partial charge < -0.3 is 15.2 Å². The molecule has 5 aliphatic carbocycles. The highest BCUT2D eigenvalue weighted by Gasteiger charge is 2.71. The minimum atomic E-state index is -4.87. The monoisotopic (exact) mass is 693 g/mol. The summed E-state index contributed by atoms with van der Waals surface area (Å²) in [6.45, 7) is 22.3. The number of carbonyl (C=O) groups is 3. The first-order valence-electron chi connectivity index (χ1n) is 18.9. The molecule has 9 heteroatoms. The second-order valence-electron chi connectivity index (χ2n) is 19.3. The van der Waals surface area contributed by atoms with Crippen LogP contribution in [0.4, 0.5) is 13.2 Å². The Kier molecular flexibility index (Phi) is 9.79. The van der Waals surface area contributed by atoms with Crippen molar-refractivity contribution in [2.75, 3.05) is 6.54 Å². The molecule has 49 heavy (non-hydrogen) atoms. The number of hydrogen-bond donors (Lipinski definition) is 2.